The molecule has 1 aliphatic heterocycles. The first kappa shape index (κ1) is 30.7. The van der Waals surface area contributed by atoms with Crippen LogP contribution < -0.4 is 14.8 Å². The summed E-state index contributed by atoms with van der Waals surface area (Å²) >= 11 is 6.29. The molecule has 2 fully saturated rings. The molecule has 9 nitrogen and oxygen atoms in total. The monoisotopic (exact) mass is 563 g/mol. The summed E-state index contributed by atoms with van der Waals surface area (Å²) in [5.74, 6) is -0.737. The third kappa shape index (κ3) is 7.65. The van der Waals surface area contributed by atoms with Gasteiger partial charge in [0.15, 0.2) is 0 Å². The van der Waals surface area contributed by atoms with Gasteiger partial charge in [0, 0.05) is 30.3 Å². The first-order valence-electron chi connectivity index (χ1n) is 13.7. The maximum atomic E-state index is 13.8. The van der Waals surface area contributed by atoms with Crippen LogP contribution >= 0.6 is 11.6 Å². The van der Waals surface area contributed by atoms with E-state index in [2.05, 4.69) is 5.32 Å². The summed E-state index contributed by atoms with van der Waals surface area (Å²) in [4.78, 5) is 40.3. The Morgan fingerprint density at radius 2 is 1.72 bits per heavy atom. The number of nitrogens with zero attached hydrogens (tertiary/aromatic N) is 1. The lowest BCUT2D eigenvalue weighted by Gasteiger charge is -2.35. The quantitative estimate of drug-likeness (QED) is 0.347. The number of likely N-dealkylation sites (tertiary alicyclic amines) is 1. The number of halogens is 1. The number of benzene rings is 1. The van der Waals surface area contributed by atoms with E-state index >= 15 is 0 Å². The lowest BCUT2D eigenvalue weighted by Crippen LogP contribution is -2.56. The Balaban J connectivity index is 1.75. The fourth-order valence-corrected chi connectivity index (χ4v) is 5.97. The summed E-state index contributed by atoms with van der Waals surface area (Å²) in [6.07, 6.45) is 6.32. The lowest BCUT2D eigenvalue weighted by molar-refractivity contribution is -0.150. The average molecular weight is 564 g/mol. The number of ether oxygens (including phenoxy) is 2. The standard InChI is InChI=1S/C29H42ClN3O6/c1-29(2,3)26(32-25(34)13-17-9-7-6-8-10-17)27(35)33-16-18(12-22(33)28(36)37)11-21(31)19-14-20(30)24(39-5)15-23(19)38-4/h14-15,17-18,22,26,31H,6-13,16H2,1-5H3,(H,32,34)(H,36,37). The van der Waals surface area contributed by atoms with Crippen molar-refractivity contribution in [2.75, 3.05) is 20.8 Å². The van der Waals surface area contributed by atoms with Crippen LogP contribution in [0.3, 0.4) is 0 Å². The second kappa shape index (κ2) is 13.0. The van der Waals surface area contributed by atoms with E-state index in [1.54, 1.807) is 12.1 Å². The van der Waals surface area contributed by atoms with E-state index in [0.717, 1.165) is 25.7 Å². The third-order valence-corrected chi connectivity index (χ3v) is 8.16. The molecule has 1 aromatic rings. The number of hydrogen-bond donors (Lipinski definition) is 3. The molecule has 10 heteroatoms. The molecular formula is C29H42ClN3O6. The number of carboxylic acids is 1. The Hall–Kier alpha value is -2.81. The number of carbonyl (C=O) groups is 3. The van der Waals surface area contributed by atoms with Crippen molar-refractivity contribution in [3.63, 3.8) is 0 Å². The lowest BCUT2D eigenvalue weighted by atomic mass is 9.84. The van der Waals surface area contributed by atoms with E-state index in [0.29, 0.717) is 34.4 Å². The maximum absolute atomic E-state index is 13.8. The van der Waals surface area contributed by atoms with Crippen LogP contribution in [0.5, 0.6) is 11.5 Å². The average Bonchev–Trinajstić information content (AvgIpc) is 3.30. The van der Waals surface area contributed by atoms with E-state index in [4.69, 9.17) is 26.5 Å². The summed E-state index contributed by atoms with van der Waals surface area (Å²) in [5, 5.41) is 22.0. The molecule has 1 heterocycles. The van der Waals surface area contributed by atoms with E-state index in [-0.39, 0.29) is 36.9 Å². The number of amides is 2. The zero-order chi connectivity index (χ0) is 28.9. The number of rotatable bonds is 10. The Bertz CT molecular complexity index is 1080. The van der Waals surface area contributed by atoms with Gasteiger partial charge in [0.05, 0.1) is 19.2 Å². The van der Waals surface area contributed by atoms with Crippen molar-refractivity contribution < 1.29 is 29.0 Å². The molecule has 3 rings (SSSR count). The van der Waals surface area contributed by atoms with Crippen LogP contribution in [0.15, 0.2) is 12.1 Å². The molecule has 0 radical (unpaired) electrons. The molecule has 2 aliphatic rings. The molecule has 2 amide bonds. The SMILES string of the molecule is COc1cc(OC)c(C(=N)CC2CC(C(=O)O)N(C(=O)C(NC(=O)CC3CCCCC3)C(C)(C)C)C2)cc1Cl. The van der Waals surface area contributed by atoms with Crippen LogP contribution in [0.1, 0.15) is 77.7 Å². The second-order valence-corrected chi connectivity index (χ2v) is 12.3. The minimum Gasteiger partial charge on any atom is -0.496 e. The van der Waals surface area contributed by atoms with E-state index in [9.17, 15) is 19.5 Å². The molecule has 3 unspecified atom stereocenters. The largest absolute Gasteiger partial charge is 0.496 e. The summed E-state index contributed by atoms with van der Waals surface area (Å²) < 4.78 is 10.7. The fourth-order valence-electron chi connectivity index (χ4n) is 5.73. The van der Waals surface area contributed by atoms with Crippen molar-refractivity contribution in [2.45, 2.75) is 84.2 Å². The summed E-state index contributed by atoms with van der Waals surface area (Å²) in [6.45, 7) is 5.79. The molecule has 216 valence electrons. The topological polar surface area (TPSA) is 129 Å². The molecule has 39 heavy (non-hydrogen) atoms. The van der Waals surface area contributed by atoms with Crippen molar-refractivity contribution >= 4 is 35.1 Å². The van der Waals surface area contributed by atoms with Gasteiger partial charge in [0.1, 0.15) is 23.6 Å². The van der Waals surface area contributed by atoms with Crippen molar-refractivity contribution in [1.82, 2.24) is 10.2 Å². The number of carbonyl (C=O) groups excluding carboxylic acids is 2. The maximum Gasteiger partial charge on any atom is 0.326 e. The van der Waals surface area contributed by atoms with Gasteiger partial charge in [-0.05, 0) is 49.0 Å². The van der Waals surface area contributed by atoms with Crippen molar-refractivity contribution in [3.05, 3.63) is 22.7 Å². The van der Waals surface area contributed by atoms with E-state index in [1.165, 1.54) is 25.5 Å². The van der Waals surface area contributed by atoms with Crippen LogP contribution in [0.25, 0.3) is 0 Å². The summed E-state index contributed by atoms with van der Waals surface area (Å²) in [7, 11) is 2.98. The molecular weight excluding hydrogens is 522 g/mol. The Morgan fingerprint density at radius 3 is 2.28 bits per heavy atom. The van der Waals surface area contributed by atoms with Gasteiger partial charge in [-0.15, -0.1) is 0 Å². The highest BCUT2D eigenvalue weighted by molar-refractivity contribution is 6.32. The van der Waals surface area contributed by atoms with Crippen molar-refractivity contribution in [3.8, 4) is 11.5 Å². The number of methoxy groups -OCH3 is 2. The number of nitrogens with one attached hydrogen (secondary N) is 2. The first-order chi connectivity index (χ1) is 18.3. The third-order valence-electron chi connectivity index (χ3n) is 7.86. The highest BCUT2D eigenvalue weighted by atomic mass is 35.5. The molecule has 3 atom stereocenters. The summed E-state index contributed by atoms with van der Waals surface area (Å²) in [6, 6.07) is 1.33. The van der Waals surface area contributed by atoms with Crippen LogP contribution in [0, 0.1) is 22.7 Å². The van der Waals surface area contributed by atoms with Crippen LogP contribution in [-0.2, 0) is 14.4 Å². The van der Waals surface area contributed by atoms with Crippen molar-refractivity contribution in [1.29, 1.82) is 5.41 Å². The van der Waals surface area contributed by atoms with Gasteiger partial charge in [0.25, 0.3) is 0 Å². The van der Waals surface area contributed by atoms with Crippen LogP contribution in [0.2, 0.25) is 5.02 Å². The smallest absolute Gasteiger partial charge is 0.326 e. The molecule has 1 saturated heterocycles. The van der Waals surface area contributed by atoms with Crippen LogP contribution in [0.4, 0.5) is 0 Å². The molecule has 3 N–H and O–H groups in total. The molecule has 0 spiro atoms. The Morgan fingerprint density at radius 1 is 1.08 bits per heavy atom. The molecule has 1 aromatic carbocycles. The normalized spacial score (nSPS) is 20.8. The zero-order valence-electron chi connectivity index (χ0n) is 23.6. The molecule has 1 aliphatic carbocycles. The Labute approximate surface area is 236 Å². The number of aliphatic carboxylic acids is 1. The fraction of sp³-hybridized carbons (Fsp3) is 0.655. The first-order valence-corrected chi connectivity index (χ1v) is 14.0. The van der Waals surface area contributed by atoms with Gasteiger partial charge in [-0.3, -0.25) is 9.59 Å². The summed E-state index contributed by atoms with van der Waals surface area (Å²) in [5.41, 5.74) is 0.107. The van der Waals surface area contributed by atoms with Gasteiger partial charge >= 0.3 is 5.97 Å². The second-order valence-electron chi connectivity index (χ2n) is 11.9. The molecule has 0 bridgehead atoms. The predicted molar refractivity (Wildman–Crippen MR) is 150 cm³/mol. The van der Waals surface area contributed by atoms with Crippen molar-refractivity contribution in [2.24, 2.45) is 17.3 Å². The van der Waals surface area contributed by atoms with E-state index in [1.807, 2.05) is 20.8 Å². The van der Waals surface area contributed by atoms with Gasteiger partial charge in [0.2, 0.25) is 11.8 Å². The molecule has 1 saturated carbocycles. The van der Waals surface area contributed by atoms with Gasteiger partial charge < -0.3 is 30.2 Å². The zero-order valence-corrected chi connectivity index (χ0v) is 24.4. The van der Waals surface area contributed by atoms with Gasteiger partial charge in [-0.25, -0.2) is 4.79 Å². The number of carboxylic acid groups (broad SMARTS) is 1. The highest BCUT2D eigenvalue weighted by Crippen LogP contribution is 2.36. The van der Waals surface area contributed by atoms with Gasteiger partial charge in [-0.2, -0.15) is 0 Å². The number of hydrogen-bond acceptors (Lipinski definition) is 6. The van der Waals surface area contributed by atoms with Crippen LogP contribution in [-0.4, -0.2) is 66.3 Å². The minimum atomic E-state index is -1.09. The highest BCUT2D eigenvalue weighted by Gasteiger charge is 2.45. The predicted octanol–water partition coefficient (Wildman–Crippen LogP) is 4.92. The molecule has 0 aromatic heterocycles. The minimum absolute atomic E-state index is 0.164. The van der Waals surface area contributed by atoms with Gasteiger partial charge in [-0.1, -0.05) is 51.6 Å². The Kier molecular flexibility index (Phi) is 10.3. The van der Waals surface area contributed by atoms with E-state index < -0.39 is 29.4 Å².